The number of hydrogen-bond acceptors (Lipinski definition) is 1. The fourth-order valence-electron chi connectivity index (χ4n) is 10.0. The molecule has 0 spiro atoms. The third-order valence-electron chi connectivity index (χ3n) is 12.5. The van der Waals surface area contributed by atoms with E-state index in [1.54, 1.807) is 0 Å². The van der Waals surface area contributed by atoms with Crippen molar-refractivity contribution < 1.29 is 0 Å². The first kappa shape index (κ1) is 33.1. The zero-order valence-electron chi connectivity index (χ0n) is 31.7. The van der Waals surface area contributed by atoms with Crippen LogP contribution < -0.4 is 0 Å². The van der Waals surface area contributed by atoms with E-state index < -0.39 is 5.41 Å². The zero-order chi connectivity index (χ0) is 38.2. The second-order valence-electron chi connectivity index (χ2n) is 15.6. The number of thiophene rings is 1. The molecule has 58 heavy (non-hydrogen) atoms. The van der Waals surface area contributed by atoms with Gasteiger partial charge in [0.1, 0.15) is 0 Å². The topological polar surface area (TPSA) is 0 Å². The third-order valence-corrected chi connectivity index (χ3v) is 13.8. The Morgan fingerprint density at radius 1 is 0.293 bits per heavy atom. The number of hydrogen-bond donors (Lipinski definition) is 0. The van der Waals surface area contributed by atoms with Gasteiger partial charge in [0.2, 0.25) is 0 Å². The van der Waals surface area contributed by atoms with Crippen molar-refractivity contribution in [1.82, 2.24) is 0 Å². The summed E-state index contributed by atoms with van der Waals surface area (Å²) in [5, 5.41) is 7.64. The highest BCUT2D eigenvalue weighted by molar-refractivity contribution is 7.26. The van der Waals surface area contributed by atoms with Crippen LogP contribution >= 0.6 is 11.3 Å². The molecule has 0 saturated carbocycles. The van der Waals surface area contributed by atoms with E-state index in [4.69, 9.17) is 0 Å². The van der Waals surface area contributed by atoms with E-state index >= 15 is 0 Å². The standard InChI is InChI=1S/C57H36S/c1-2-20-42(21-3-1)57(53-29-10-8-25-48(53)49-26-9-11-30-54(49)57)43-22-12-19-39(33-43)50-35-41(47-28-14-18-38-16-5-7-24-45(38)47)36-52-51-34-40(31-32-55(51)58-56(50)52)46-27-13-17-37-15-4-6-23-44(37)46/h1-36H. The second kappa shape index (κ2) is 13.0. The van der Waals surface area contributed by atoms with Crippen molar-refractivity contribution >= 4 is 53.1 Å². The van der Waals surface area contributed by atoms with Gasteiger partial charge < -0.3 is 0 Å². The minimum atomic E-state index is -0.468. The molecule has 1 heterocycles. The van der Waals surface area contributed by atoms with Gasteiger partial charge in [-0.25, -0.2) is 0 Å². The highest BCUT2D eigenvalue weighted by atomic mass is 32.1. The molecule has 0 atom stereocenters. The highest BCUT2D eigenvalue weighted by Crippen LogP contribution is 2.56. The molecule has 11 aromatic rings. The van der Waals surface area contributed by atoms with E-state index in [0.29, 0.717) is 0 Å². The Balaban J connectivity index is 1.14. The lowest BCUT2D eigenvalue weighted by molar-refractivity contribution is 0.769. The van der Waals surface area contributed by atoms with Crippen LogP contribution in [0.4, 0.5) is 0 Å². The molecule has 0 radical (unpaired) electrons. The van der Waals surface area contributed by atoms with Gasteiger partial charge in [0.05, 0.1) is 5.41 Å². The average Bonchev–Trinajstić information content (AvgIpc) is 3.82. The largest absolute Gasteiger partial charge is 0.135 e. The van der Waals surface area contributed by atoms with Crippen LogP contribution in [0.2, 0.25) is 0 Å². The van der Waals surface area contributed by atoms with Crippen molar-refractivity contribution in [3.63, 3.8) is 0 Å². The summed E-state index contributed by atoms with van der Waals surface area (Å²) in [7, 11) is 0. The predicted octanol–water partition coefficient (Wildman–Crippen LogP) is 15.7. The Hall–Kier alpha value is -7.06. The highest BCUT2D eigenvalue weighted by Gasteiger charge is 2.45. The number of rotatable bonds is 5. The molecule has 0 nitrogen and oxygen atoms in total. The summed E-state index contributed by atoms with van der Waals surface area (Å²) >= 11 is 1.91. The van der Waals surface area contributed by atoms with Gasteiger partial charge in [-0.2, -0.15) is 0 Å². The SMILES string of the molecule is c1ccc(C2(c3cccc(-c4cc(-c5cccc6ccccc56)cc5c4sc4ccc(-c6cccc7ccccc67)cc45)c3)c3ccccc3-c3ccccc32)cc1. The van der Waals surface area contributed by atoms with Gasteiger partial charge in [-0.1, -0.05) is 188 Å². The van der Waals surface area contributed by atoms with E-state index in [1.807, 2.05) is 11.3 Å². The normalized spacial score (nSPS) is 13.0. The summed E-state index contributed by atoms with van der Waals surface area (Å²) in [5.74, 6) is 0. The Kier molecular flexibility index (Phi) is 7.42. The summed E-state index contributed by atoms with van der Waals surface area (Å²) in [6.45, 7) is 0. The number of benzene rings is 10. The lowest BCUT2D eigenvalue weighted by Gasteiger charge is -2.34. The molecule has 0 fully saturated rings. The van der Waals surface area contributed by atoms with E-state index in [-0.39, 0.29) is 0 Å². The van der Waals surface area contributed by atoms with Crippen molar-refractivity contribution in [2.24, 2.45) is 0 Å². The Morgan fingerprint density at radius 2 is 0.810 bits per heavy atom. The molecule has 0 N–H and O–H groups in total. The Morgan fingerprint density at radius 3 is 1.52 bits per heavy atom. The summed E-state index contributed by atoms with van der Waals surface area (Å²) < 4.78 is 2.61. The second-order valence-corrected chi connectivity index (χ2v) is 16.6. The molecule has 270 valence electrons. The molecule has 0 amide bonds. The predicted molar refractivity (Wildman–Crippen MR) is 248 cm³/mol. The summed E-state index contributed by atoms with van der Waals surface area (Å²) in [4.78, 5) is 0. The molecule has 1 aromatic heterocycles. The smallest absolute Gasteiger partial charge is 0.0713 e. The Labute approximate surface area is 342 Å². The molecule has 0 bridgehead atoms. The maximum Gasteiger partial charge on any atom is 0.0713 e. The van der Waals surface area contributed by atoms with Gasteiger partial charge >= 0.3 is 0 Å². The fourth-order valence-corrected chi connectivity index (χ4v) is 11.2. The monoisotopic (exact) mass is 752 g/mol. The molecule has 1 aliphatic carbocycles. The van der Waals surface area contributed by atoms with Crippen molar-refractivity contribution in [2.45, 2.75) is 5.41 Å². The quantitative estimate of drug-likeness (QED) is 0.164. The maximum absolute atomic E-state index is 2.49. The minimum absolute atomic E-state index is 0.468. The van der Waals surface area contributed by atoms with Gasteiger partial charge in [-0.05, 0) is 113 Å². The first-order valence-corrected chi connectivity index (χ1v) is 20.9. The molecule has 1 heteroatoms. The van der Waals surface area contributed by atoms with E-state index in [9.17, 15) is 0 Å². The molecule has 12 rings (SSSR count). The van der Waals surface area contributed by atoms with Crippen LogP contribution in [-0.4, -0.2) is 0 Å². The summed E-state index contributed by atoms with van der Waals surface area (Å²) in [6.07, 6.45) is 0. The van der Waals surface area contributed by atoms with Crippen molar-refractivity contribution in [1.29, 1.82) is 0 Å². The summed E-state index contributed by atoms with van der Waals surface area (Å²) in [6, 6.07) is 81.4. The molecule has 0 unspecified atom stereocenters. The first-order chi connectivity index (χ1) is 28.8. The molecule has 0 saturated heterocycles. The first-order valence-electron chi connectivity index (χ1n) is 20.1. The van der Waals surface area contributed by atoms with Crippen molar-refractivity contribution in [2.75, 3.05) is 0 Å². The Bertz CT molecular complexity index is 3350. The van der Waals surface area contributed by atoms with E-state index in [2.05, 4.69) is 218 Å². The zero-order valence-corrected chi connectivity index (χ0v) is 32.5. The molecule has 10 aromatic carbocycles. The van der Waals surface area contributed by atoms with Gasteiger partial charge in [0.25, 0.3) is 0 Å². The van der Waals surface area contributed by atoms with Crippen molar-refractivity contribution in [3.8, 4) is 44.5 Å². The van der Waals surface area contributed by atoms with E-state index in [0.717, 1.165) is 0 Å². The van der Waals surface area contributed by atoms with Crippen LogP contribution in [0.1, 0.15) is 22.3 Å². The molecule has 1 aliphatic rings. The third kappa shape index (κ3) is 4.87. The van der Waals surface area contributed by atoms with Crippen molar-refractivity contribution in [3.05, 3.63) is 241 Å². The minimum Gasteiger partial charge on any atom is -0.135 e. The van der Waals surface area contributed by atoms with Crippen LogP contribution in [0.5, 0.6) is 0 Å². The summed E-state index contributed by atoms with van der Waals surface area (Å²) in [5.41, 5.74) is 14.8. The fraction of sp³-hybridized carbons (Fsp3) is 0.0175. The van der Waals surface area contributed by atoms with Crippen LogP contribution in [0, 0.1) is 0 Å². The van der Waals surface area contributed by atoms with Gasteiger partial charge in [0, 0.05) is 25.7 Å². The lowest BCUT2D eigenvalue weighted by atomic mass is 9.67. The lowest BCUT2D eigenvalue weighted by Crippen LogP contribution is -2.28. The maximum atomic E-state index is 2.49. The van der Waals surface area contributed by atoms with Crippen LogP contribution in [0.25, 0.3) is 86.2 Å². The average molecular weight is 753 g/mol. The van der Waals surface area contributed by atoms with E-state index in [1.165, 1.54) is 108 Å². The molecular weight excluding hydrogens is 717 g/mol. The van der Waals surface area contributed by atoms with Crippen LogP contribution in [-0.2, 0) is 5.41 Å². The number of fused-ring (bicyclic) bond motifs is 8. The van der Waals surface area contributed by atoms with Gasteiger partial charge in [0.15, 0.2) is 0 Å². The van der Waals surface area contributed by atoms with Crippen LogP contribution in [0.3, 0.4) is 0 Å². The van der Waals surface area contributed by atoms with Crippen LogP contribution in [0.15, 0.2) is 218 Å². The molecule has 0 aliphatic heterocycles. The van der Waals surface area contributed by atoms with Gasteiger partial charge in [-0.15, -0.1) is 11.3 Å². The van der Waals surface area contributed by atoms with Gasteiger partial charge in [-0.3, -0.25) is 0 Å². The molecular formula is C57H36S.